The van der Waals surface area contributed by atoms with Crippen LogP contribution in [-0.4, -0.2) is 67.4 Å². The van der Waals surface area contributed by atoms with Crippen LogP contribution in [0.15, 0.2) is 36.7 Å². The Morgan fingerprint density at radius 3 is 2.43 bits per heavy atom. The van der Waals surface area contributed by atoms with Crippen LogP contribution in [-0.2, 0) is 4.79 Å². The van der Waals surface area contributed by atoms with Crippen molar-refractivity contribution in [2.75, 3.05) is 44.8 Å². The van der Waals surface area contributed by atoms with Crippen LogP contribution in [0, 0.1) is 0 Å². The topological polar surface area (TPSA) is 134 Å². The molecule has 1 aliphatic heterocycles. The third-order valence-electron chi connectivity index (χ3n) is 4.79. The number of carbonyl (C=O) groups is 2. The minimum absolute atomic E-state index is 0.0484. The van der Waals surface area contributed by atoms with Crippen molar-refractivity contribution in [3.63, 3.8) is 0 Å². The molecule has 9 heteroatoms. The first-order chi connectivity index (χ1) is 13.5. The Bertz CT molecular complexity index is 669. The molecule has 1 atom stereocenters. The summed E-state index contributed by atoms with van der Waals surface area (Å²) in [4.78, 5) is 29.6. The summed E-state index contributed by atoms with van der Waals surface area (Å²) in [6.07, 6.45) is 4.01. The second-order valence-electron chi connectivity index (χ2n) is 6.88. The fourth-order valence-corrected chi connectivity index (χ4v) is 3.03. The fraction of sp³-hybridized carbons (Fsp3) is 0.474. The van der Waals surface area contributed by atoms with Gasteiger partial charge in [0.1, 0.15) is 6.04 Å². The first kappa shape index (κ1) is 21.7. The first-order valence-corrected chi connectivity index (χ1v) is 9.47. The first-order valence-electron chi connectivity index (χ1n) is 9.47. The number of nitrogens with one attached hydrogen (secondary N) is 1. The number of carbonyl (C=O) groups excluding carboxylic acids is 2. The summed E-state index contributed by atoms with van der Waals surface area (Å²) >= 11 is 0. The number of nitrogens with zero attached hydrogens (tertiary/aromatic N) is 3. The molecule has 1 aromatic carbocycles. The van der Waals surface area contributed by atoms with Gasteiger partial charge in [0.2, 0.25) is 5.91 Å². The molecule has 2 amide bonds. The molecule has 7 N–H and O–H groups in total. The lowest BCUT2D eigenvalue weighted by Crippen LogP contribution is -2.54. The molecule has 0 radical (unpaired) electrons. The van der Waals surface area contributed by atoms with Crippen molar-refractivity contribution >= 4 is 17.5 Å². The quantitative estimate of drug-likeness (QED) is 0.345. The zero-order valence-electron chi connectivity index (χ0n) is 16.4. The van der Waals surface area contributed by atoms with Gasteiger partial charge in [0.25, 0.3) is 5.91 Å². The summed E-state index contributed by atoms with van der Waals surface area (Å²) in [7, 11) is 2.03. The number of piperazine rings is 1. The van der Waals surface area contributed by atoms with Crippen molar-refractivity contribution in [1.82, 2.24) is 15.1 Å². The maximum Gasteiger partial charge on any atom is 0.251 e. The van der Waals surface area contributed by atoms with Gasteiger partial charge in [0.05, 0.1) is 5.69 Å². The van der Waals surface area contributed by atoms with E-state index in [0.29, 0.717) is 43.7 Å². The average molecular weight is 390 g/mol. The number of hydrogen-bond acceptors (Lipinski definition) is 7. The van der Waals surface area contributed by atoms with Crippen LogP contribution in [0.2, 0.25) is 0 Å². The van der Waals surface area contributed by atoms with Crippen LogP contribution in [0.5, 0.6) is 0 Å². The minimum atomic E-state index is -0.578. The van der Waals surface area contributed by atoms with Gasteiger partial charge in [-0.3, -0.25) is 14.6 Å². The molecular formula is C19H31N7O2. The molecule has 1 heterocycles. The molecule has 0 saturated carbocycles. The number of rotatable bonds is 8. The average Bonchev–Trinajstić information content (AvgIpc) is 2.71. The third-order valence-corrected chi connectivity index (χ3v) is 4.79. The van der Waals surface area contributed by atoms with E-state index in [1.165, 1.54) is 17.4 Å². The molecule has 1 unspecified atom stereocenters. The normalized spacial score (nSPS) is 16.2. The number of hydrogen-bond donors (Lipinski definition) is 4. The maximum atomic E-state index is 12.9. The summed E-state index contributed by atoms with van der Waals surface area (Å²) in [5.41, 5.74) is 12.1. The number of nitrogens with two attached hydrogens (primary N) is 3. The van der Waals surface area contributed by atoms with E-state index >= 15 is 0 Å². The smallest absolute Gasteiger partial charge is 0.251 e. The number of benzene rings is 1. The molecule has 9 nitrogen and oxygen atoms in total. The van der Waals surface area contributed by atoms with Crippen molar-refractivity contribution in [1.29, 1.82) is 0 Å². The van der Waals surface area contributed by atoms with Gasteiger partial charge >= 0.3 is 0 Å². The Morgan fingerprint density at radius 2 is 1.86 bits per heavy atom. The number of hydrazine groups is 1. The van der Waals surface area contributed by atoms with Crippen molar-refractivity contribution in [3.8, 4) is 0 Å². The fourth-order valence-electron chi connectivity index (χ4n) is 3.03. The molecule has 28 heavy (non-hydrogen) atoms. The molecule has 0 bridgehead atoms. The van der Waals surface area contributed by atoms with Crippen LogP contribution < -0.4 is 27.6 Å². The monoisotopic (exact) mass is 389 g/mol. The van der Waals surface area contributed by atoms with E-state index in [2.05, 4.69) is 10.2 Å². The van der Waals surface area contributed by atoms with Gasteiger partial charge in [-0.15, -0.1) is 0 Å². The van der Waals surface area contributed by atoms with E-state index in [0.717, 1.165) is 13.1 Å². The third kappa shape index (κ3) is 5.95. The molecule has 0 aromatic heterocycles. The Morgan fingerprint density at radius 1 is 1.21 bits per heavy atom. The molecule has 0 aliphatic carbocycles. The van der Waals surface area contributed by atoms with E-state index in [-0.39, 0.29) is 11.8 Å². The van der Waals surface area contributed by atoms with Crippen LogP contribution in [0.1, 0.15) is 23.2 Å². The van der Waals surface area contributed by atoms with Gasteiger partial charge < -0.3 is 26.6 Å². The van der Waals surface area contributed by atoms with Gasteiger partial charge in [-0.05, 0) is 50.7 Å². The van der Waals surface area contributed by atoms with Gasteiger partial charge in [0.15, 0.2) is 0 Å². The summed E-state index contributed by atoms with van der Waals surface area (Å²) in [5, 5.41) is 4.22. The van der Waals surface area contributed by atoms with Crippen molar-refractivity contribution < 1.29 is 9.59 Å². The maximum absolute atomic E-state index is 12.9. The lowest BCUT2D eigenvalue weighted by Gasteiger charge is -2.34. The Kier molecular flexibility index (Phi) is 8.24. The van der Waals surface area contributed by atoms with Crippen LogP contribution >= 0.6 is 0 Å². The highest BCUT2D eigenvalue weighted by Gasteiger charge is 2.27. The molecule has 1 aliphatic rings. The summed E-state index contributed by atoms with van der Waals surface area (Å²) in [5.74, 6) is 5.45. The zero-order chi connectivity index (χ0) is 20.5. The Balaban J connectivity index is 2.04. The summed E-state index contributed by atoms with van der Waals surface area (Å²) in [6.45, 7) is 3.47. The minimum Gasteiger partial charge on any atom is -0.403 e. The highest BCUT2D eigenvalue weighted by molar-refractivity contribution is 5.97. The number of amides is 2. The van der Waals surface area contributed by atoms with E-state index in [1.807, 2.05) is 11.9 Å². The van der Waals surface area contributed by atoms with Crippen LogP contribution in [0.25, 0.3) is 0 Å². The Labute approximate surface area is 166 Å². The molecule has 1 aromatic rings. The standard InChI is InChI=1S/C19H31N7O2/c1-24-11-13-25(14-12-24)19(28)17(3-2-8-20)23-18(27)15-4-6-16(7-5-15)26(22)10-9-21/h4-7,9-10,17H,2-3,8,11-14,20-22H2,1H3,(H,23,27)/b10-9-. The molecular weight excluding hydrogens is 358 g/mol. The molecule has 1 fully saturated rings. The largest absolute Gasteiger partial charge is 0.403 e. The zero-order valence-corrected chi connectivity index (χ0v) is 16.4. The van der Waals surface area contributed by atoms with Gasteiger partial charge in [-0.25, -0.2) is 5.84 Å². The van der Waals surface area contributed by atoms with Gasteiger partial charge in [-0.2, -0.15) is 0 Å². The lowest BCUT2D eigenvalue weighted by molar-refractivity contribution is -0.135. The van der Waals surface area contributed by atoms with E-state index < -0.39 is 6.04 Å². The molecule has 154 valence electrons. The van der Waals surface area contributed by atoms with Gasteiger partial charge in [-0.1, -0.05) is 0 Å². The second kappa shape index (κ2) is 10.6. The van der Waals surface area contributed by atoms with Gasteiger partial charge in [0, 0.05) is 44.1 Å². The Hall–Kier alpha value is -2.62. The number of likely N-dealkylation sites (N-methyl/N-ethyl adjacent to an activating group) is 1. The van der Waals surface area contributed by atoms with Crippen LogP contribution in [0.3, 0.4) is 0 Å². The van der Waals surface area contributed by atoms with E-state index in [9.17, 15) is 9.59 Å². The van der Waals surface area contributed by atoms with Crippen molar-refractivity contribution in [2.45, 2.75) is 18.9 Å². The number of anilines is 1. The SMILES string of the molecule is CN1CCN(C(=O)C(CCCN)NC(=O)c2ccc(N(N)/C=C\N)cc2)CC1. The predicted molar refractivity (Wildman–Crippen MR) is 110 cm³/mol. The van der Waals surface area contributed by atoms with E-state index in [4.69, 9.17) is 17.3 Å². The molecule has 0 spiro atoms. The second-order valence-corrected chi connectivity index (χ2v) is 6.88. The highest BCUT2D eigenvalue weighted by atomic mass is 16.2. The molecule has 2 rings (SSSR count). The van der Waals surface area contributed by atoms with Crippen LogP contribution in [0.4, 0.5) is 5.69 Å². The van der Waals surface area contributed by atoms with Crippen molar-refractivity contribution in [2.24, 2.45) is 17.3 Å². The van der Waals surface area contributed by atoms with E-state index in [1.54, 1.807) is 24.3 Å². The summed E-state index contributed by atoms with van der Waals surface area (Å²) < 4.78 is 0. The molecule has 1 saturated heterocycles. The lowest BCUT2D eigenvalue weighted by atomic mass is 10.1. The predicted octanol–water partition coefficient (Wildman–Crippen LogP) is -0.592. The summed E-state index contributed by atoms with van der Waals surface area (Å²) in [6, 6.07) is 6.17. The highest BCUT2D eigenvalue weighted by Crippen LogP contribution is 2.14. The van der Waals surface area contributed by atoms with Crippen molar-refractivity contribution in [3.05, 3.63) is 42.2 Å².